The first-order valence-electron chi connectivity index (χ1n) is 17.4. The number of aromatic nitrogens is 3. The molecule has 0 radical (unpaired) electrons. The van der Waals surface area contributed by atoms with E-state index in [9.17, 15) is 19.5 Å². The monoisotopic (exact) mass is 701 g/mol. The molecule has 4 aromatic carbocycles. The fourth-order valence-electron chi connectivity index (χ4n) is 8.08. The maximum atomic E-state index is 14.8. The van der Waals surface area contributed by atoms with Crippen LogP contribution in [-0.2, 0) is 28.2 Å². The molecule has 5 atom stereocenters. The Morgan fingerprint density at radius 3 is 2.41 bits per heavy atom. The first-order valence-corrected chi connectivity index (χ1v) is 20.5. The number of para-hydroxylation sites is 1. The van der Waals surface area contributed by atoms with Crippen molar-refractivity contribution in [2.45, 2.75) is 62.7 Å². The number of anilines is 2. The fourth-order valence-corrected chi connectivity index (χ4v) is 10.7. The summed E-state index contributed by atoms with van der Waals surface area (Å²) in [7, 11) is -2.86. The van der Waals surface area contributed by atoms with Crippen molar-refractivity contribution >= 4 is 31.5 Å². The SMILES string of the molecule is C[C@@H]1[C@@H]([Si](C)(C)O)[C@H](CCn2cc(C(CO)c3ccccc3)nn2)O[C@@]12C(=O)N(Cc1cccc(NC(=O)c3ccccc3)c1)c1ccccc12. The number of rotatable bonds is 11. The maximum Gasteiger partial charge on any atom is 0.264 e. The van der Waals surface area contributed by atoms with Gasteiger partial charge in [-0.25, -0.2) is 0 Å². The van der Waals surface area contributed by atoms with Gasteiger partial charge in [0, 0.05) is 41.0 Å². The van der Waals surface area contributed by atoms with E-state index in [-0.39, 0.29) is 42.3 Å². The smallest absolute Gasteiger partial charge is 0.264 e. The van der Waals surface area contributed by atoms with E-state index in [1.165, 1.54) is 0 Å². The van der Waals surface area contributed by atoms with E-state index in [4.69, 9.17) is 4.74 Å². The first-order chi connectivity index (χ1) is 24.6. The highest BCUT2D eigenvalue weighted by atomic mass is 28.4. The summed E-state index contributed by atoms with van der Waals surface area (Å²) in [5.41, 5.74) is 3.78. The van der Waals surface area contributed by atoms with Crippen molar-refractivity contribution in [3.8, 4) is 0 Å². The molecule has 0 bridgehead atoms. The van der Waals surface area contributed by atoms with Gasteiger partial charge in [-0.15, -0.1) is 5.10 Å². The topological polar surface area (TPSA) is 130 Å². The lowest BCUT2D eigenvalue weighted by Crippen LogP contribution is -2.46. The summed E-state index contributed by atoms with van der Waals surface area (Å²) < 4.78 is 8.74. The molecular formula is C40H43N5O5Si. The van der Waals surface area contributed by atoms with Crippen LogP contribution in [0.2, 0.25) is 18.6 Å². The number of aliphatic hydroxyl groups excluding tert-OH is 1. The second kappa shape index (κ2) is 14.0. The van der Waals surface area contributed by atoms with Crippen LogP contribution in [0.3, 0.4) is 0 Å². The predicted molar refractivity (Wildman–Crippen MR) is 198 cm³/mol. The van der Waals surface area contributed by atoms with Gasteiger partial charge < -0.3 is 24.9 Å². The summed E-state index contributed by atoms with van der Waals surface area (Å²) in [6, 6.07) is 34.1. The van der Waals surface area contributed by atoms with E-state index in [2.05, 4.69) is 15.6 Å². The van der Waals surface area contributed by atoms with Crippen LogP contribution in [-0.4, -0.2) is 57.7 Å². The molecule has 3 N–H and O–H groups in total. The van der Waals surface area contributed by atoms with E-state index in [0.717, 1.165) is 22.4 Å². The van der Waals surface area contributed by atoms with E-state index >= 15 is 0 Å². The van der Waals surface area contributed by atoms with Gasteiger partial charge in [-0.3, -0.25) is 14.3 Å². The van der Waals surface area contributed by atoms with Crippen molar-refractivity contribution < 1.29 is 24.2 Å². The number of hydrogen-bond acceptors (Lipinski definition) is 7. The van der Waals surface area contributed by atoms with Gasteiger partial charge in [0.25, 0.3) is 11.8 Å². The molecule has 3 heterocycles. The van der Waals surface area contributed by atoms with Crippen molar-refractivity contribution in [1.29, 1.82) is 0 Å². The number of amides is 2. The van der Waals surface area contributed by atoms with E-state index in [1.807, 2.05) is 123 Å². The maximum absolute atomic E-state index is 14.8. The summed E-state index contributed by atoms with van der Waals surface area (Å²) in [4.78, 5) is 41.1. The van der Waals surface area contributed by atoms with Gasteiger partial charge in [0.15, 0.2) is 13.9 Å². The molecule has 5 aromatic rings. The van der Waals surface area contributed by atoms with E-state index in [1.54, 1.807) is 21.7 Å². The zero-order chi connectivity index (χ0) is 35.8. The van der Waals surface area contributed by atoms with Crippen LogP contribution >= 0.6 is 0 Å². The predicted octanol–water partition coefficient (Wildman–Crippen LogP) is 6.09. The molecule has 1 spiro atoms. The highest BCUT2D eigenvalue weighted by Crippen LogP contribution is 2.59. The number of fused-ring (bicyclic) bond motifs is 2. The largest absolute Gasteiger partial charge is 0.432 e. The molecule has 2 aliphatic rings. The van der Waals surface area contributed by atoms with Crippen LogP contribution in [0, 0.1) is 5.92 Å². The normalized spacial score (nSPS) is 21.9. The molecule has 1 aromatic heterocycles. The molecule has 0 saturated carbocycles. The lowest BCUT2D eigenvalue weighted by atomic mass is 9.82. The third-order valence-corrected chi connectivity index (χ3v) is 12.9. The molecule has 262 valence electrons. The number of carbonyl (C=O) groups excluding carboxylic acids is 2. The van der Waals surface area contributed by atoms with Crippen LogP contribution in [0.5, 0.6) is 0 Å². The Kier molecular flexibility index (Phi) is 9.47. The van der Waals surface area contributed by atoms with Crippen LogP contribution in [0.25, 0.3) is 0 Å². The second-order valence-electron chi connectivity index (χ2n) is 14.1. The number of nitrogens with one attached hydrogen (secondary N) is 1. The standard InChI is InChI=1S/C40H43N5O5Si/c1-27-37(51(2,3)49)36(21-22-44-25-34(42-43-44)32(26-46)29-14-6-4-7-15-29)50-40(27)33-19-10-11-20-35(33)45(39(40)48)24-28-13-12-18-31(23-28)41-38(47)30-16-8-5-9-17-30/h4-20,23,25,27,32,36-37,46,49H,21-22,24,26H2,1-3H3,(H,41,47)/t27-,32?,36+,37-,40+/m1/s1. The highest BCUT2D eigenvalue weighted by Gasteiger charge is 2.66. The number of benzene rings is 4. The number of aryl methyl sites for hydroxylation is 1. The number of carbonyl (C=O) groups is 2. The van der Waals surface area contributed by atoms with Gasteiger partial charge in [-0.2, -0.15) is 0 Å². The molecule has 1 saturated heterocycles. The average molecular weight is 702 g/mol. The second-order valence-corrected chi connectivity index (χ2v) is 18.1. The van der Waals surface area contributed by atoms with Crippen LogP contribution in [0.1, 0.15) is 52.0 Å². The number of aliphatic hydroxyl groups is 1. The molecule has 2 aliphatic heterocycles. The number of hydrogen-bond donors (Lipinski definition) is 3. The van der Waals surface area contributed by atoms with Crippen molar-refractivity contribution in [3.05, 3.63) is 143 Å². The van der Waals surface area contributed by atoms with Crippen LogP contribution in [0.15, 0.2) is 115 Å². The zero-order valence-corrected chi connectivity index (χ0v) is 30.0. The molecule has 7 rings (SSSR count). The Labute approximate surface area is 298 Å². The molecule has 0 aliphatic carbocycles. The molecule has 1 fully saturated rings. The minimum atomic E-state index is -2.86. The van der Waals surface area contributed by atoms with Crippen molar-refractivity contribution in [2.24, 2.45) is 5.92 Å². The molecule has 11 heteroatoms. The first kappa shape index (κ1) is 34.5. The van der Waals surface area contributed by atoms with Gasteiger partial charge >= 0.3 is 0 Å². The van der Waals surface area contributed by atoms with Gasteiger partial charge in [0.2, 0.25) is 0 Å². The summed E-state index contributed by atoms with van der Waals surface area (Å²) in [5, 5.41) is 21.9. The summed E-state index contributed by atoms with van der Waals surface area (Å²) in [6.07, 6.45) is 1.97. The Balaban J connectivity index is 1.13. The summed E-state index contributed by atoms with van der Waals surface area (Å²) in [5.74, 6) is -0.950. The third kappa shape index (κ3) is 6.54. The number of nitrogens with zero attached hydrogens (tertiary/aromatic N) is 4. The van der Waals surface area contributed by atoms with Crippen molar-refractivity contribution in [3.63, 3.8) is 0 Å². The van der Waals surface area contributed by atoms with Crippen molar-refractivity contribution in [1.82, 2.24) is 15.0 Å². The lowest BCUT2D eigenvalue weighted by molar-refractivity contribution is -0.146. The minimum absolute atomic E-state index is 0.0918. The number of ether oxygens (including phenoxy) is 1. The molecular weight excluding hydrogens is 659 g/mol. The minimum Gasteiger partial charge on any atom is -0.432 e. The van der Waals surface area contributed by atoms with Gasteiger partial charge in [0.05, 0.1) is 36.6 Å². The van der Waals surface area contributed by atoms with E-state index in [0.29, 0.717) is 29.9 Å². The van der Waals surface area contributed by atoms with Gasteiger partial charge in [0.1, 0.15) is 0 Å². The van der Waals surface area contributed by atoms with Crippen LogP contribution < -0.4 is 10.2 Å². The van der Waals surface area contributed by atoms with Crippen molar-refractivity contribution in [2.75, 3.05) is 16.8 Å². The quantitative estimate of drug-likeness (QED) is 0.142. The summed E-state index contributed by atoms with van der Waals surface area (Å²) >= 11 is 0. The Bertz CT molecular complexity index is 2020. The van der Waals surface area contributed by atoms with Gasteiger partial charge in [-0.05, 0) is 61.0 Å². The summed E-state index contributed by atoms with van der Waals surface area (Å²) in [6.45, 7) is 6.53. The van der Waals surface area contributed by atoms with Gasteiger partial charge in [-0.1, -0.05) is 91.0 Å². The fraction of sp³-hybridized carbons (Fsp3) is 0.300. The Morgan fingerprint density at radius 1 is 0.980 bits per heavy atom. The average Bonchev–Trinajstić information content (AvgIpc) is 3.79. The lowest BCUT2D eigenvalue weighted by Gasteiger charge is -2.32. The highest BCUT2D eigenvalue weighted by molar-refractivity contribution is 6.71. The third-order valence-electron chi connectivity index (χ3n) is 10.4. The Morgan fingerprint density at radius 2 is 1.69 bits per heavy atom. The molecule has 51 heavy (non-hydrogen) atoms. The molecule has 1 unspecified atom stereocenters. The Hall–Kier alpha value is -4.94. The van der Waals surface area contributed by atoms with E-state index < -0.39 is 20.0 Å². The molecule has 10 nitrogen and oxygen atoms in total. The zero-order valence-electron chi connectivity index (χ0n) is 29.0. The molecule has 2 amide bonds. The van der Waals surface area contributed by atoms with Crippen LogP contribution in [0.4, 0.5) is 11.4 Å².